The van der Waals surface area contributed by atoms with Gasteiger partial charge in [-0.25, -0.2) is 4.98 Å². The molecule has 0 radical (unpaired) electrons. The summed E-state index contributed by atoms with van der Waals surface area (Å²) in [7, 11) is 0. The second-order valence-corrected chi connectivity index (χ2v) is 11.6. The number of oxazole rings is 1. The number of aliphatic hydroxyl groups is 1. The van der Waals surface area contributed by atoms with E-state index in [4.69, 9.17) is 42.0 Å². The van der Waals surface area contributed by atoms with Crippen molar-refractivity contribution in [2.45, 2.75) is 75.4 Å². The molecule has 2 aromatic heterocycles. The first-order chi connectivity index (χ1) is 19.0. The number of halogens is 5. The van der Waals surface area contributed by atoms with Crippen LogP contribution >= 0.6 is 23.2 Å². The summed E-state index contributed by atoms with van der Waals surface area (Å²) < 4.78 is 57.7. The summed E-state index contributed by atoms with van der Waals surface area (Å²) in [5, 5.41) is 25.8. The Kier molecular flexibility index (Phi) is 6.92. The Morgan fingerprint density at radius 2 is 1.77 bits per heavy atom. The maximum absolute atomic E-state index is 13.6. The maximum Gasteiger partial charge on any atom is 0.451 e. The monoisotopic (exact) mass is 600 g/mol. The van der Waals surface area contributed by atoms with Crippen molar-refractivity contribution in [3.05, 3.63) is 56.9 Å². The van der Waals surface area contributed by atoms with Gasteiger partial charge < -0.3 is 23.9 Å². The molecule has 3 aliphatic carbocycles. The molecule has 2 N–H and O–H groups in total. The second-order valence-electron chi connectivity index (χ2n) is 10.8. The van der Waals surface area contributed by atoms with Crippen LogP contribution in [0.5, 0.6) is 0 Å². The Morgan fingerprint density at radius 3 is 2.35 bits per heavy atom. The lowest BCUT2D eigenvalue weighted by molar-refractivity contribution is -0.161. The predicted molar refractivity (Wildman–Crippen MR) is 135 cm³/mol. The molecule has 0 aliphatic heterocycles. The number of carbonyl (C=O) groups is 1. The number of carboxylic acid groups (broad SMARTS) is 1. The standard InChI is InChI=1S/C27H25Cl2F3N2O6/c28-17-2-1-3-18(29)21(17)22-16(23(40-34-22)12-4-5-12)11-38-15-8-13-6-7-14(9-15)26(13,37)25-33-19(10-20(35)36)24(39-25)27(30,31)32/h1-3,12-15,37H,4-11H2,(H,35,36)/t13-,14+,15?,26?. The van der Waals surface area contributed by atoms with E-state index in [1.54, 1.807) is 18.2 Å². The fourth-order valence-corrected chi connectivity index (χ4v) is 6.82. The third kappa shape index (κ3) is 4.80. The third-order valence-corrected chi connectivity index (χ3v) is 8.88. The van der Waals surface area contributed by atoms with Crippen molar-refractivity contribution in [3.8, 4) is 11.3 Å². The largest absolute Gasteiger partial charge is 0.481 e. The van der Waals surface area contributed by atoms with Gasteiger partial charge in [-0.05, 0) is 62.5 Å². The van der Waals surface area contributed by atoms with E-state index in [1.807, 2.05) is 0 Å². The smallest absolute Gasteiger partial charge is 0.451 e. The van der Waals surface area contributed by atoms with Gasteiger partial charge >= 0.3 is 12.1 Å². The zero-order valence-electron chi connectivity index (χ0n) is 21.0. The summed E-state index contributed by atoms with van der Waals surface area (Å²) in [5.41, 5.74) is -0.667. The van der Waals surface area contributed by atoms with Crippen LogP contribution in [0.4, 0.5) is 13.2 Å². The highest BCUT2D eigenvalue weighted by Crippen LogP contribution is 2.56. The molecule has 4 atom stereocenters. The molecule has 0 saturated heterocycles. The first kappa shape index (κ1) is 27.6. The topological polar surface area (TPSA) is 119 Å². The van der Waals surface area contributed by atoms with E-state index in [2.05, 4.69) is 10.1 Å². The number of benzene rings is 1. The zero-order valence-corrected chi connectivity index (χ0v) is 22.5. The van der Waals surface area contributed by atoms with Crippen LogP contribution in [0.3, 0.4) is 0 Å². The summed E-state index contributed by atoms with van der Waals surface area (Å²) >= 11 is 12.9. The molecule has 3 aromatic rings. The molecule has 13 heteroatoms. The van der Waals surface area contributed by atoms with Gasteiger partial charge in [0.1, 0.15) is 22.7 Å². The molecule has 0 spiro atoms. The Hall–Kier alpha value is -2.60. The van der Waals surface area contributed by atoms with Crippen molar-refractivity contribution >= 4 is 29.2 Å². The highest BCUT2D eigenvalue weighted by Gasteiger charge is 2.58. The van der Waals surface area contributed by atoms with Crippen LogP contribution in [0.25, 0.3) is 11.3 Å². The lowest BCUT2D eigenvalue weighted by Gasteiger charge is -2.40. The molecule has 0 amide bonds. The van der Waals surface area contributed by atoms with E-state index in [0.29, 0.717) is 47.0 Å². The van der Waals surface area contributed by atoms with Gasteiger partial charge in [0.2, 0.25) is 11.7 Å². The van der Waals surface area contributed by atoms with Crippen LogP contribution in [-0.4, -0.2) is 32.4 Å². The number of nitrogens with zero attached hydrogens (tertiary/aromatic N) is 2. The molecule has 1 aromatic carbocycles. The molecular weight excluding hydrogens is 576 g/mol. The van der Waals surface area contributed by atoms with Gasteiger partial charge in [-0.2, -0.15) is 13.2 Å². The van der Waals surface area contributed by atoms with E-state index in [9.17, 15) is 23.1 Å². The molecule has 8 nitrogen and oxygen atoms in total. The molecular formula is C27H25Cl2F3N2O6. The fraction of sp³-hybridized carbons (Fsp3) is 0.519. The molecule has 3 aliphatic rings. The van der Waals surface area contributed by atoms with Crippen molar-refractivity contribution in [2.24, 2.45) is 11.8 Å². The number of fused-ring (bicyclic) bond motifs is 2. The van der Waals surface area contributed by atoms with Crippen LogP contribution in [0, 0.1) is 11.8 Å². The number of alkyl halides is 3. The van der Waals surface area contributed by atoms with E-state index in [0.717, 1.165) is 24.2 Å². The van der Waals surface area contributed by atoms with Gasteiger partial charge in [-0.15, -0.1) is 0 Å². The van der Waals surface area contributed by atoms with E-state index >= 15 is 0 Å². The van der Waals surface area contributed by atoms with Gasteiger partial charge in [0.05, 0.1) is 29.2 Å². The van der Waals surface area contributed by atoms with Gasteiger partial charge in [0.25, 0.3) is 0 Å². The first-order valence-electron chi connectivity index (χ1n) is 13.0. The second kappa shape index (κ2) is 10.0. The van der Waals surface area contributed by atoms with Crippen molar-refractivity contribution in [3.63, 3.8) is 0 Å². The van der Waals surface area contributed by atoms with Crippen molar-refractivity contribution in [1.29, 1.82) is 0 Å². The quantitative estimate of drug-likeness (QED) is 0.291. The SMILES string of the molecule is O=C(O)Cc1nc(C2(O)[C@@H]3CC[C@H]2CC(OCc2c(-c4c(Cl)cccc4Cl)noc2C2CC2)C3)oc1C(F)(F)F. The number of hydrogen-bond acceptors (Lipinski definition) is 7. The third-order valence-electron chi connectivity index (χ3n) is 8.25. The Bertz CT molecular complexity index is 1420. The Balaban J connectivity index is 1.23. The Morgan fingerprint density at radius 1 is 1.12 bits per heavy atom. The average molecular weight is 601 g/mol. The number of carboxylic acids is 1. The molecule has 6 rings (SSSR count). The van der Waals surface area contributed by atoms with Gasteiger partial charge in [-0.1, -0.05) is 34.4 Å². The number of aliphatic carboxylic acids is 1. The van der Waals surface area contributed by atoms with Crippen molar-refractivity contribution in [1.82, 2.24) is 10.1 Å². The highest BCUT2D eigenvalue weighted by molar-refractivity contribution is 6.39. The average Bonchev–Trinajstić information content (AvgIpc) is 3.46. The Labute approximate surface area is 236 Å². The van der Waals surface area contributed by atoms with Gasteiger partial charge in [0, 0.05) is 17.0 Å². The number of rotatable bonds is 8. The van der Waals surface area contributed by atoms with Crippen LogP contribution in [0.15, 0.2) is 27.1 Å². The molecule has 40 heavy (non-hydrogen) atoms. The zero-order chi connectivity index (χ0) is 28.4. The van der Waals surface area contributed by atoms with Gasteiger partial charge in [0.15, 0.2) is 0 Å². The summed E-state index contributed by atoms with van der Waals surface area (Å²) in [4.78, 5) is 15.0. The normalized spacial score (nSPS) is 26.4. The fourth-order valence-electron chi connectivity index (χ4n) is 6.24. The maximum atomic E-state index is 13.6. The lowest BCUT2D eigenvalue weighted by Crippen LogP contribution is -2.44. The molecule has 2 bridgehead atoms. The molecule has 2 heterocycles. The molecule has 214 valence electrons. The summed E-state index contributed by atoms with van der Waals surface area (Å²) in [5.74, 6) is -3.43. The van der Waals surface area contributed by atoms with Crippen molar-refractivity contribution in [2.75, 3.05) is 0 Å². The minimum absolute atomic E-state index is 0.161. The first-order valence-corrected chi connectivity index (χ1v) is 13.8. The van der Waals surface area contributed by atoms with E-state index in [1.165, 1.54) is 0 Å². The minimum Gasteiger partial charge on any atom is -0.481 e. The highest BCUT2D eigenvalue weighted by atomic mass is 35.5. The van der Waals surface area contributed by atoms with Gasteiger partial charge in [-0.3, -0.25) is 4.79 Å². The van der Waals surface area contributed by atoms with E-state index in [-0.39, 0.29) is 18.6 Å². The summed E-state index contributed by atoms with van der Waals surface area (Å²) in [6.45, 7) is 0.161. The lowest BCUT2D eigenvalue weighted by atomic mass is 9.73. The van der Waals surface area contributed by atoms with Crippen LogP contribution in [0.2, 0.25) is 10.0 Å². The minimum atomic E-state index is -4.94. The summed E-state index contributed by atoms with van der Waals surface area (Å²) in [6, 6.07) is 5.17. The molecule has 3 saturated carbocycles. The van der Waals surface area contributed by atoms with E-state index < -0.39 is 53.3 Å². The van der Waals surface area contributed by atoms with Crippen LogP contribution in [0.1, 0.15) is 73.1 Å². The number of hydrogen-bond donors (Lipinski definition) is 2. The van der Waals surface area contributed by atoms with Crippen LogP contribution < -0.4 is 0 Å². The summed E-state index contributed by atoms with van der Waals surface area (Å²) in [6.07, 6.45) is -2.46. The van der Waals surface area contributed by atoms with Crippen molar-refractivity contribution < 1.29 is 41.9 Å². The number of ether oxygens (including phenoxy) is 1. The molecule has 3 fully saturated rings. The molecule has 2 unspecified atom stereocenters. The number of aromatic nitrogens is 2. The predicted octanol–water partition coefficient (Wildman–Crippen LogP) is 6.75. The van der Waals surface area contributed by atoms with Crippen LogP contribution in [-0.2, 0) is 34.3 Å².